The largest absolute Gasteiger partial charge is 0.573 e. The number of hydrogen-bond donors (Lipinski definition) is 3. The molecule has 43 heavy (non-hydrogen) atoms. The summed E-state index contributed by atoms with van der Waals surface area (Å²) in [6.07, 6.45) is -6.41. The Bertz CT molecular complexity index is 1780. The van der Waals surface area contributed by atoms with Gasteiger partial charge in [-0.2, -0.15) is 0 Å². The lowest BCUT2D eigenvalue weighted by Crippen LogP contribution is -2.27. The summed E-state index contributed by atoms with van der Waals surface area (Å²) in [5, 5.41) is 23.2. The van der Waals surface area contributed by atoms with Gasteiger partial charge in [0.2, 0.25) is 0 Å². The van der Waals surface area contributed by atoms with E-state index in [1.54, 1.807) is 37.3 Å². The Morgan fingerprint density at radius 2 is 1.56 bits per heavy atom. The van der Waals surface area contributed by atoms with Crippen LogP contribution in [0.3, 0.4) is 0 Å². The van der Waals surface area contributed by atoms with Crippen molar-refractivity contribution in [2.75, 3.05) is 0 Å². The number of nitrogens with zero attached hydrogens (tertiary/aromatic N) is 1. The lowest BCUT2D eigenvalue weighted by atomic mass is 9.98. The van der Waals surface area contributed by atoms with Gasteiger partial charge >= 0.3 is 6.36 Å². The lowest BCUT2D eigenvalue weighted by Gasteiger charge is -2.19. The number of amides is 1. The van der Waals surface area contributed by atoms with Gasteiger partial charge in [0.15, 0.2) is 6.29 Å². The number of alkyl halides is 3. The molecule has 0 spiro atoms. The van der Waals surface area contributed by atoms with E-state index in [0.717, 1.165) is 38.9 Å². The number of hydrogen-bond acceptors (Lipinski definition) is 4. The summed E-state index contributed by atoms with van der Waals surface area (Å²) in [5.41, 5.74) is 6.71. The molecule has 0 saturated heterocycles. The zero-order valence-electron chi connectivity index (χ0n) is 23.8. The smallest absolute Gasteiger partial charge is 0.405 e. The van der Waals surface area contributed by atoms with Crippen LogP contribution in [-0.2, 0) is 6.54 Å². The Kier molecular flexibility index (Phi) is 8.30. The first kappa shape index (κ1) is 29.9. The molecule has 0 aliphatic carbocycles. The number of rotatable bonds is 8. The first-order valence-corrected chi connectivity index (χ1v) is 13.7. The van der Waals surface area contributed by atoms with Gasteiger partial charge in [-0.1, -0.05) is 66.7 Å². The summed E-state index contributed by atoms with van der Waals surface area (Å²) in [7, 11) is 0. The van der Waals surface area contributed by atoms with Crippen LogP contribution in [0.25, 0.3) is 22.0 Å². The molecule has 5 rings (SSSR count). The van der Waals surface area contributed by atoms with Gasteiger partial charge in [-0.3, -0.25) is 4.79 Å². The van der Waals surface area contributed by atoms with E-state index in [0.29, 0.717) is 17.7 Å². The minimum absolute atomic E-state index is 0.217. The summed E-state index contributed by atoms with van der Waals surface area (Å²) in [6.45, 7) is 6.20. The van der Waals surface area contributed by atoms with Crippen molar-refractivity contribution >= 4 is 16.8 Å². The van der Waals surface area contributed by atoms with Gasteiger partial charge in [0, 0.05) is 39.8 Å². The molecule has 0 unspecified atom stereocenters. The molecule has 9 heteroatoms. The zero-order valence-corrected chi connectivity index (χ0v) is 23.8. The van der Waals surface area contributed by atoms with E-state index in [1.165, 1.54) is 18.2 Å². The van der Waals surface area contributed by atoms with Gasteiger partial charge in [-0.15, -0.1) is 13.2 Å². The quantitative estimate of drug-likeness (QED) is 0.166. The highest BCUT2D eigenvalue weighted by Crippen LogP contribution is 2.32. The topological polar surface area (TPSA) is 83.7 Å². The fraction of sp³-hybridized carbons (Fsp3) is 0.206. The van der Waals surface area contributed by atoms with Gasteiger partial charge in [0.05, 0.1) is 6.04 Å². The minimum Gasteiger partial charge on any atom is -0.405 e. The number of carbonyl (C=O) groups is 1. The second-order valence-electron chi connectivity index (χ2n) is 10.5. The van der Waals surface area contributed by atoms with Crippen LogP contribution in [0.15, 0.2) is 91.0 Å². The molecule has 1 atom stereocenters. The Morgan fingerprint density at radius 3 is 2.23 bits per heavy atom. The Morgan fingerprint density at radius 1 is 0.907 bits per heavy atom. The predicted octanol–water partition coefficient (Wildman–Crippen LogP) is 7.35. The molecule has 6 nitrogen and oxygen atoms in total. The van der Waals surface area contributed by atoms with Crippen molar-refractivity contribution in [1.29, 1.82) is 0 Å². The average Bonchev–Trinajstić information content (AvgIpc) is 3.21. The second kappa shape index (κ2) is 11.9. The maximum absolute atomic E-state index is 13.2. The summed E-state index contributed by atoms with van der Waals surface area (Å²) in [5.74, 6) is -0.769. The van der Waals surface area contributed by atoms with E-state index in [-0.39, 0.29) is 11.3 Å². The summed E-state index contributed by atoms with van der Waals surface area (Å²) in [6, 6.07) is 25.4. The fourth-order valence-corrected chi connectivity index (χ4v) is 5.37. The number of aliphatic hydroxyl groups excluding tert-OH is 1. The Labute approximate surface area is 247 Å². The Balaban J connectivity index is 1.37. The number of carbonyl (C=O) groups excluding carboxylic acids is 1. The summed E-state index contributed by atoms with van der Waals surface area (Å²) < 4.78 is 44.9. The third kappa shape index (κ3) is 6.43. The van der Waals surface area contributed by atoms with Crippen LogP contribution in [0.2, 0.25) is 0 Å². The van der Waals surface area contributed by atoms with E-state index in [4.69, 9.17) is 0 Å². The molecule has 1 amide bonds. The number of para-hydroxylation sites is 1. The number of aliphatic hydroxyl groups is 2. The molecule has 222 valence electrons. The molecule has 0 fully saturated rings. The van der Waals surface area contributed by atoms with E-state index >= 15 is 0 Å². The molecular weight excluding hydrogens is 557 g/mol. The van der Waals surface area contributed by atoms with Crippen LogP contribution in [0.4, 0.5) is 13.2 Å². The van der Waals surface area contributed by atoms with Crippen molar-refractivity contribution in [3.05, 3.63) is 125 Å². The molecule has 4 aromatic carbocycles. The lowest BCUT2D eigenvalue weighted by molar-refractivity contribution is -0.275. The highest BCUT2D eigenvalue weighted by atomic mass is 19.4. The van der Waals surface area contributed by atoms with Crippen molar-refractivity contribution in [2.24, 2.45) is 0 Å². The molecule has 0 saturated carbocycles. The van der Waals surface area contributed by atoms with E-state index in [1.807, 2.05) is 56.3 Å². The molecule has 3 N–H and O–H groups in total. The SMILES string of the molecule is Cc1c(C)n(Cc2ccc(-c3ccccc3C(O)O)cc2)c2ccc(C(=O)N[C@@H](C)c3ccccc3OC(F)(F)F)cc12. The van der Waals surface area contributed by atoms with Gasteiger partial charge in [0.1, 0.15) is 5.75 Å². The third-order valence-electron chi connectivity index (χ3n) is 7.70. The van der Waals surface area contributed by atoms with Crippen molar-refractivity contribution in [3.63, 3.8) is 0 Å². The maximum Gasteiger partial charge on any atom is 0.573 e. The molecule has 1 aromatic heterocycles. The molecule has 0 bridgehead atoms. The van der Waals surface area contributed by atoms with Gasteiger partial charge < -0.3 is 24.8 Å². The minimum atomic E-state index is -4.84. The fourth-order valence-electron chi connectivity index (χ4n) is 5.37. The van der Waals surface area contributed by atoms with E-state index in [2.05, 4.69) is 14.6 Å². The molecule has 0 radical (unpaired) electrons. The third-order valence-corrected chi connectivity index (χ3v) is 7.70. The highest BCUT2D eigenvalue weighted by Gasteiger charge is 2.32. The van der Waals surface area contributed by atoms with Crippen molar-refractivity contribution in [1.82, 2.24) is 9.88 Å². The Hall–Kier alpha value is -4.60. The zero-order chi connectivity index (χ0) is 30.9. The monoisotopic (exact) mass is 588 g/mol. The predicted molar refractivity (Wildman–Crippen MR) is 159 cm³/mol. The normalized spacial score (nSPS) is 12.5. The standard InChI is InChI=1S/C34H31F3N2O4/c1-20-22(3)39(19-23-12-14-24(15-13-23)27-9-4-5-10-28(27)33(41)42)30-17-16-25(18-29(20)30)32(40)38-21(2)26-8-6-7-11-31(26)43-34(35,36)37/h4-18,21,33,41-42H,19H2,1-3H3,(H,38,40)/t21-/m0/s1. The van der Waals surface area contributed by atoms with E-state index in [9.17, 15) is 28.2 Å². The van der Waals surface area contributed by atoms with Crippen LogP contribution in [0.1, 0.15) is 57.6 Å². The number of aromatic nitrogens is 1. The second-order valence-corrected chi connectivity index (χ2v) is 10.5. The number of halogens is 3. The molecule has 5 aromatic rings. The molecular formula is C34H31F3N2O4. The summed E-state index contributed by atoms with van der Waals surface area (Å²) in [4.78, 5) is 13.2. The first-order chi connectivity index (χ1) is 20.4. The number of aryl methyl sites for hydroxylation is 1. The number of fused-ring (bicyclic) bond motifs is 1. The first-order valence-electron chi connectivity index (χ1n) is 13.7. The van der Waals surface area contributed by atoms with Crippen LogP contribution in [0.5, 0.6) is 5.75 Å². The maximum atomic E-state index is 13.2. The number of ether oxygens (including phenoxy) is 1. The van der Waals surface area contributed by atoms with Crippen molar-refractivity contribution in [2.45, 2.75) is 46.0 Å². The van der Waals surface area contributed by atoms with Gasteiger partial charge in [-0.05, 0) is 67.3 Å². The van der Waals surface area contributed by atoms with Gasteiger partial charge in [0.25, 0.3) is 5.91 Å². The van der Waals surface area contributed by atoms with Crippen molar-refractivity contribution < 1.29 is 32.9 Å². The summed E-state index contributed by atoms with van der Waals surface area (Å²) >= 11 is 0. The van der Waals surface area contributed by atoms with Crippen LogP contribution >= 0.6 is 0 Å². The molecule has 1 heterocycles. The number of benzene rings is 4. The number of nitrogens with one attached hydrogen (secondary N) is 1. The molecule has 0 aliphatic heterocycles. The van der Waals surface area contributed by atoms with Crippen LogP contribution < -0.4 is 10.1 Å². The van der Waals surface area contributed by atoms with Crippen molar-refractivity contribution in [3.8, 4) is 16.9 Å². The van der Waals surface area contributed by atoms with Crippen LogP contribution in [-0.4, -0.2) is 27.0 Å². The molecule has 0 aliphatic rings. The van der Waals surface area contributed by atoms with Gasteiger partial charge in [-0.25, -0.2) is 0 Å². The highest BCUT2D eigenvalue weighted by molar-refractivity contribution is 5.99. The average molecular weight is 589 g/mol. The van der Waals surface area contributed by atoms with E-state index < -0.39 is 24.6 Å². The van der Waals surface area contributed by atoms with Crippen LogP contribution in [0, 0.1) is 13.8 Å².